The smallest absolute Gasteiger partial charge is 0.324 e. The first-order valence-corrected chi connectivity index (χ1v) is 10.3. The molecule has 0 radical (unpaired) electrons. The highest BCUT2D eigenvalue weighted by Crippen LogP contribution is 2.33. The number of hydrogen-bond acceptors (Lipinski definition) is 4. The van der Waals surface area contributed by atoms with Crippen LogP contribution in [0.1, 0.15) is 63.1 Å². The molecular formula is C24H20F3NO4. The van der Waals surface area contributed by atoms with Gasteiger partial charge in [-0.1, -0.05) is 30.3 Å². The zero-order valence-corrected chi connectivity index (χ0v) is 17.1. The van der Waals surface area contributed by atoms with Gasteiger partial charge < -0.3 is 4.90 Å². The van der Waals surface area contributed by atoms with Gasteiger partial charge in [0.2, 0.25) is 0 Å². The first-order chi connectivity index (χ1) is 15.1. The van der Waals surface area contributed by atoms with Crippen LogP contribution in [0.25, 0.3) is 0 Å². The van der Waals surface area contributed by atoms with Gasteiger partial charge in [-0.25, -0.2) is 0 Å². The van der Waals surface area contributed by atoms with Crippen molar-refractivity contribution in [3.05, 3.63) is 70.3 Å². The second-order valence-electron chi connectivity index (χ2n) is 8.13. The third-order valence-electron chi connectivity index (χ3n) is 5.99. The Hall–Kier alpha value is -3.29. The highest BCUT2D eigenvalue weighted by atomic mass is 19.4. The maximum Gasteiger partial charge on any atom is 0.417 e. The molecule has 1 amide bonds. The standard InChI is InChI=1S/C24H20F3NO4/c25-24(26,27)19-4-2-1-3-18(19)21(30)10-6-14-5-8-17-15(11-14)13-28(23(17)32)20-9-7-16(29)12-22(20)31/h1-5,8,11,20H,6-7,9-10,12-13H2. The Morgan fingerprint density at radius 3 is 2.53 bits per heavy atom. The zero-order chi connectivity index (χ0) is 23.0. The number of rotatable bonds is 5. The summed E-state index contributed by atoms with van der Waals surface area (Å²) in [6.45, 7) is 0.234. The van der Waals surface area contributed by atoms with E-state index in [1.54, 1.807) is 18.2 Å². The molecule has 8 heteroatoms. The second-order valence-corrected chi connectivity index (χ2v) is 8.13. The zero-order valence-electron chi connectivity index (χ0n) is 17.1. The molecule has 1 aliphatic heterocycles. The van der Waals surface area contributed by atoms with Crippen LogP contribution in [0.4, 0.5) is 13.2 Å². The number of benzene rings is 2. The average Bonchev–Trinajstić information content (AvgIpc) is 3.07. The fraction of sp³-hybridized carbons (Fsp3) is 0.333. The van der Waals surface area contributed by atoms with Crippen LogP contribution in [0.3, 0.4) is 0 Å². The number of alkyl halides is 3. The fourth-order valence-corrected chi connectivity index (χ4v) is 4.36. The number of fused-ring (bicyclic) bond motifs is 1. The lowest BCUT2D eigenvalue weighted by atomic mass is 9.92. The van der Waals surface area contributed by atoms with E-state index in [0.717, 1.165) is 11.6 Å². The van der Waals surface area contributed by atoms with Crippen LogP contribution in [0, 0.1) is 0 Å². The molecule has 5 nitrogen and oxygen atoms in total. The van der Waals surface area contributed by atoms with Crippen molar-refractivity contribution in [2.45, 2.75) is 50.9 Å². The molecule has 0 N–H and O–H groups in total. The Morgan fingerprint density at radius 1 is 1.06 bits per heavy atom. The van der Waals surface area contributed by atoms with E-state index in [0.29, 0.717) is 17.5 Å². The van der Waals surface area contributed by atoms with Gasteiger partial charge in [-0.05, 0) is 36.1 Å². The lowest BCUT2D eigenvalue weighted by Crippen LogP contribution is -2.44. The minimum Gasteiger partial charge on any atom is -0.324 e. The van der Waals surface area contributed by atoms with Gasteiger partial charge in [-0.2, -0.15) is 13.2 Å². The van der Waals surface area contributed by atoms with Crippen molar-refractivity contribution in [2.24, 2.45) is 0 Å². The molecule has 0 aromatic heterocycles. The molecule has 0 saturated heterocycles. The summed E-state index contributed by atoms with van der Waals surface area (Å²) in [6.07, 6.45) is -4.06. The monoisotopic (exact) mass is 443 g/mol. The van der Waals surface area contributed by atoms with E-state index in [9.17, 15) is 32.3 Å². The number of ketones is 3. The van der Waals surface area contributed by atoms with E-state index in [1.807, 2.05) is 0 Å². The average molecular weight is 443 g/mol. The van der Waals surface area contributed by atoms with Crippen LogP contribution in [-0.4, -0.2) is 34.2 Å². The van der Waals surface area contributed by atoms with Gasteiger partial charge >= 0.3 is 6.18 Å². The first kappa shape index (κ1) is 21.9. The Kier molecular flexibility index (Phi) is 5.71. The lowest BCUT2D eigenvalue weighted by molar-refractivity contribution is -0.138. The maximum absolute atomic E-state index is 13.2. The van der Waals surface area contributed by atoms with E-state index < -0.39 is 23.6 Å². The molecule has 0 spiro atoms. The summed E-state index contributed by atoms with van der Waals surface area (Å²) in [5.74, 6) is -1.24. The van der Waals surface area contributed by atoms with Gasteiger partial charge in [0.25, 0.3) is 5.91 Å². The van der Waals surface area contributed by atoms with Gasteiger partial charge in [-0.15, -0.1) is 0 Å². The van der Waals surface area contributed by atoms with Crippen molar-refractivity contribution in [3.63, 3.8) is 0 Å². The predicted octanol–water partition coefficient (Wildman–Crippen LogP) is 4.17. The molecule has 2 aromatic rings. The van der Waals surface area contributed by atoms with Crippen molar-refractivity contribution in [1.29, 1.82) is 0 Å². The fourth-order valence-electron chi connectivity index (χ4n) is 4.36. The number of halogens is 3. The van der Waals surface area contributed by atoms with E-state index in [2.05, 4.69) is 0 Å². The molecule has 166 valence electrons. The van der Waals surface area contributed by atoms with E-state index >= 15 is 0 Å². The summed E-state index contributed by atoms with van der Waals surface area (Å²) in [7, 11) is 0. The molecule has 2 aliphatic rings. The van der Waals surface area contributed by atoms with Crippen molar-refractivity contribution in [3.8, 4) is 0 Å². The number of nitrogens with zero attached hydrogens (tertiary/aromatic N) is 1. The van der Waals surface area contributed by atoms with Gasteiger partial charge in [-0.3, -0.25) is 19.2 Å². The minimum absolute atomic E-state index is 0.104. The molecule has 4 rings (SSSR count). The van der Waals surface area contributed by atoms with E-state index in [4.69, 9.17) is 0 Å². The number of hydrogen-bond donors (Lipinski definition) is 0. The number of Topliss-reactive ketones (excluding diaryl/α,β-unsaturated/α-hetero) is 3. The Balaban J connectivity index is 1.46. The Labute approximate surface area is 182 Å². The van der Waals surface area contributed by atoms with Gasteiger partial charge in [0.15, 0.2) is 11.6 Å². The van der Waals surface area contributed by atoms with Crippen LogP contribution in [0.2, 0.25) is 0 Å². The lowest BCUT2D eigenvalue weighted by Gasteiger charge is -2.29. The Morgan fingerprint density at radius 2 is 1.81 bits per heavy atom. The molecule has 32 heavy (non-hydrogen) atoms. The predicted molar refractivity (Wildman–Crippen MR) is 108 cm³/mol. The number of amides is 1. The molecular weight excluding hydrogens is 423 g/mol. The number of aryl methyl sites for hydroxylation is 1. The van der Waals surface area contributed by atoms with Crippen LogP contribution in [-0.2, 0) is 28.7 Å². The van der Waals surface area contributed by atoms with Crippen molar-refractivity contribution < 1.29 is 32.3 Å². The second kappa shape index (κ2) is 8.33. The molecule has 1 atom stereocenters. The molecule has 1 fully saturated rings. The number of carbonyl (C=O) groups is 4. The van der Waals surface area contributed by atoms with Crippen LogP contribution in [0.15, 0.2) is 42.5 Å². The molecule has 1 heterocycles. The van der Waals surface area contributed by atoms with Crippen LogP contribution >= 0.6 is 0 Å². The van der Waals surface area contributed by atoms with E-state index in [1.165, 1.54) is 23.1 Å². The minimum atomic E-state index is -4.61. The highest BCUT2D eigenvalue weighted by molar-refractivity contribution is 6.07. The summed E-state index contributed by atoms with van der Waals surface area (Å²) in [4.78, 5) is 50.4. The van der Waals surface area contributed by atoms with Gasteiger partial charge in [0.1, 0.15) is 5.78 Å². The summed E-state index contributed by atoms with van der Waals surface area (Å²) in [5.41, 5.74) is 0.595. The Bertz CT molecular complexity index is 1120. The van der Waals surface area contributed by atoms with E-state index in [-0.39, 0.29) is 55.3 Å². The topological polar surface area (TPSA) is 71.5 Å². The maximum atomic E-state index is 13.2. The third-order valence-corrected chi connectivity index (χ3v) is 5.99. The normalized spacial score (nSPS) is 18.8. The van der Waals surface area contributed by atoms with Crippen molar-refractivity contribution in [2.75, 3.05) is 0 Å². The molecule has 1 aliphatic carbocycles. The van der Waals surface area contributed by atoms with Crippen molar-refractivity contribution >= 4 is 23.3 Å². The summed E-state index contributed by atoms with van der Waals surface area (Å²) in [6, 6.07) is 9.16. The van der Waals surface area contributed by atoms with Gasteiger partial charge in [0.05, 0.1) is 18.0 Å². The first-order valence-electron chi connectivity index (χ1n) is 10.3. The van der Waals surface area contributed by atoms with Crippen LogP contribution in [0.5, 0.6) is 0 Å². The molecule has 2 aromatic carbocycles. The summed E-state index contributed by atoms with van der Waals surface area (Å²) >= 11 is 0. The highest BCUT2D eigenvalue weighted by Gasteiger charge is 2.39. The largest absolute Gasteiger partial charge is 0.417 e. The summed E-state index contributed by atoms with van der Waals surface area (Å²) < 4.78 is 39.5. The molecule has 0 bridgehead atoms. The number of carbonyl (C=O) groups excluding carboxylic acids is 4. The molecule has 1 saturated carbocycles. The SMILES string of the molecule is O=C1CCC(N2Cc3cc(CCC(=O)c4ccccc4C(F)(F)F)ccc3C2=O)C(=O)C1. The quantitative estimate of drug-likeness (QED) is 0.514. The third kappa shape index (κ3) is 4.22. The van der Waals surface area contributed by atoms with Crippen molar-refractivity contribution in [1.82, 2.24) is 4.90 Å². The van der Waals surface area contributed by atoms with Crippen LogP contribution < -0.4 is 0 Å². The van der Waals surface area contributed by atoms with Gasteiger partial charge in [0, 0.05) is 30.5 Å². The summed E-state index contributed by atoms with van der Waals surface area (Å²) in [5, 5.41) is 0. The molecule has 1 unspecified atom stereocenters.